The fourth-order valence-corrected chi connectivity index (χ4v) is 2.76. The molecule has 0 radical (unpaired) electrons. The van der Waals surface area contributed by atoms with Crippen molar-refractivity contribution in [3.8, 4) is 0 Å². The summed E-state index contributed by atoms with van der Waals surface area (Å²) in [5.41, 5.74) is 0. The van der Waals surface area contributed by atoms with Gasteiger partial charge in [-0.3, -0.25) is 4.79 Å². The lowest BCUT2D eigenvalue weighted by molar-refractivity contribution is -0.140. The molecule has 1 heterocycles. The Morgan fingerprint density at radius 1 is 1.18 bits per heavy atom. The molecule has 0 aromatic rings. The Hall–Kier alpha value is -1.30. The van der Waals surface area contributed by atoms with Crippen LogP contribution in [0.2, 0.25) is 0 Å². The Balaban J connectivity index is 1.92. The van der Waals surface area contributed by atoms with E-state index in [1.54, 1.807) is 0 Å². The summed E-state index contributed by atoms with van der Waals surface area (Å²) in [7, 11) is 1.39. The lowest BCUT2D eigenvalue weighted by Crippen LogP contribution is -2.39. The molecular formula is C16H31N3O3. The van der Waals surface area contributed by atoms with Crippen LogP contribution in [0.3, 0.4) is 0 Å². The van der Waals surface area contributed by atoms with Crippen LogP contribution in [0.5, 0.6) is 0 Å². The standard InChI is InChI=1S/C16H31N3O3/c1-14-7-5-11-19(13-14)12-6-10-18-16(21)17-9-4-3-8-15(20)22-2/h14H,3-13H2,1-2H3,(H2,17,18,21). The van der Waals surface area contributed by atoms with Gasteiger partial charge in [0.15, 0.2) is 0 Å². The molecule has 6 nitrogen and oxygen atoms in total. The third-order valence-electron chi connectivity index (χ3n) is 4.00. The number of methoxy groups -OCH3 is 1. The molecular weight excluding hydrogens is 282 g/mol. The van der Waals surface area contributed by atoms with Crippen LogP contribution in [-0.4, -0.2) is 56.7 Å². The minimum absolute atomic E-state index is 0.120. The number of urea groups is 1. The average Bonchev–Trinajstić information content (AvgIpc) is 2.51. The minimum Gasteiger partial charge on any atom is -0.469 e. The second kappa shape index (κ2) is 11.3. The molecule has 2 N–H and O–H groups in total. The summed E-state index contributed by atoms with van der Waals surface area (Å²) in [5, 5.41) is 5.68. The van der Waals surface area contributed by atoms with Crippen LogP contribution < -0.4 is 10.6 Å². The predicted octanol–water partition coefficient (Wildman–Crippen LogP) is 1.75. The fraction of sp³-hybridized carbons (Fsp3) is 0.875. The lowest BCUT2D eigenvalue weighted by Gasteiger charge is -2.30. The minimum atomic E-state index is -0.198. The normalized spacial score (nSPS) is 18.7. The van der Waals surface area contributed by atoms with E-state index in [-0.39, 0.29) is 12.0 Å². The number of piperidine rings is 1. The number of likely N-dealkylation sites (tertiary alicyclic amines) is 1. The zero-order chi connectivity index (χ0) is 16.2. The van der Waals surface area contributed by atoms with Gasteiger partial charge in [-0.05, 0) is 51.1 Å². The van der Waals surface area contributed by atoms with Gasteiger partial charge in [-0.2, -0.15) is 0 Å². The van der Waals surface area contributed by atoms with E-state index < -0.39 is 0 Å². The molecule has 0 aromatic heterocycles. The maximum absolute atomic E-state index is 11.6. The molecule has 1 saturated heterocycles. The van der Waals surface area contributed by atoms with Crippen molar-refractivity contribution in [3.05, 3.63) is 0 Å². The van der Waals surface area contributed by atoms with Crippen molar-refractivity contribution in [2.75, 3.05) is 39.8 Å². The summed E-state index contributed by atoms with van der Waals surface area (Å²) in [6, 6.07) is -0.120. The van der Waals surface area contributed by atoms with Crippen molar-refractivity contribution in [3.63, 3.8) is 0 Å². The number of nitrogens with zero attached hydrogens (tertiary/aromatic N) is 1. The molecule has 1 atom stereocenters. The number of rotatable bonds is 9. The molecule has 1 rings (SSSR count). The molecule has 0 bridgehead atoms. The Morgan fingerprint density at radius 3 is 2.59 bits per heavy atom. The second-order valence-corrected chi connectivity index (χ2v) is 6.12. The lowest BCUT2D eigenvalue weighted by atomic mass is 10.0. The second-order valence-electron chi connectivity index (χ2n) is 6.12. The molecule has 2 amide bonds. The molecule has 1 aliphatic rings. The number of amides is 2. The van der Waals surface area contributed by atoms with Crippen molar-refractivity contribution in [1.82, 2.24) is 15.5 Å². The van der Waals surface area contributed by atoms with Crippen molar-refractivity contribution in [1.29, 1.82) is 0 Å². The molecule has 128 valence electrons. The number of carbonyl (C=O) groups excluding carboxylic acids is 2. The molecule has 0 spiro atoms. The predicted molar refractivity (Wildman–Crippen MR) is 86.7 cm³/mol. The molecule has 1 aliphatic heterocycles. The highest BCUT2D eigenvalue weighted by molar-refractivity contribution is 5.73. The average molecular weight is 313 g/mol. The summed E-state index contributed by atoms with van der Waals surface area (Å²) < 4.78 is 4.56. The Labute approximate surface area is 134 Å². The first-order chi connectivity index (χ1) is 10.6. The Morgan fingerprint density at radius 2 is 1.91 bits per heavy atom. The summed E-state index contributed by atoms with van der Waals surface area (Å²) in [6.07, 6.45) is 5.55. The first-order valence-electron chi connectivity index (χ1n) is 8.42. The monoisotopic (exact) mass is 313 g/mol. The molecule has 1 fully saturated rings. The van der Waals surface area contributed by atoms with Gasteiger partial charge in [0.1, 0.15) is 0 Å². The van der Waals surface area contributed by atoms with Gasteiger partial charge in [0.05, 0.1) is 7.11 Å². The molecule has 1 unspecified atom stereocenters. The fourth-order valence-electron chi connectivity index (χ4n) is 2.76. The number of carbonyl (C=O) groups is 2. The summed E-state index contributed by atoms with van der Waals surface area (Å²) in [5.74, 6) is 0.603. The molecule has 22 heavy (non-hydrogen) atoms. The highest BCUT2D eigenvalue weighted by atomic mass is 16.5. The van der Waals surface area contributed by atoms with Crippen LogP contribution >= 0.6 is 0 Å². The highest BCUT2D eigenvalue weighted by Crippen LogP contribution is 2.15. The summed E-state index contributed by atoms with van der Waals surface area (Å²) >= 11 is 0. The summed E-state index contributed by atoms with van der Waals surface area (Å²) in [4.78, 5) is 25.0. The number of hydrogen-bond acceptors (Lipinski definition) is 4. The number of ether oxygens (including phenoxy) is 1. The first-order valence-corrected chi connectivity index (χ1v) is 8.42. The van der Waals surface area contributed by atoms with E-state index in [4.69, 9.17) is 0 Å². The van der Waals surface area contributed by atoms with E-state index in [0.29, 0.717) is 19.5 Å². The highest BCUT2D eigenvalue weighted by Gasteiger charge is 2.15. The smallest absolute Gasteiger partial charge is 0.314 e. The topological polar surface area (TPSA) is 70.7 Å². The number of hydrogen-bond donors (Lipinski definition) is 2. The van der Waals surface area contributed by atoms with Gasteiger partial charge in [0.2, 0.25) is 0 Å². The van der Waals surface area contributed by atoms with Crippen molar-refractivity contribution in [2.45, 2.75) is 45.4 Å². The van der Waals surface area contributed by atoms with Crippen LogP contribution in [0.1, 0.15) is 45.4 Å². The molecule has 0 aliphatic carbocycles. The number of nitrogens with one attached hydrogen (secondary N) is 2. The zero-order valence-electron chi connectivity index (χ0n) is 14.0. The van der Waals surface area contributed by atoms with E-state index in [1.165, 1.54) is 33.0 Å². The van der Waals surface area contributed by atoms with Crippen LogP contribution in [0, 0.1) is 5.92 Å². The van der Waals surface area contributed by atoms with E-state index in [2.05, 4.69) is 27.2 Å². The van der Waals surface area contributed by atoms with Crippen LogP contribution in [0.4, 0.5) is 4.79 Å². The maximum Gasteiger partial charge on any atom is 0.314 e. The maximum atomic E-state index is 11.6. The first kappa shape index (κ1) is 18.7. The largest absolute Gasteiger partial charge is 0.469 e. The van der Waals surface area contributed by atoms with Crippen LogP contribution in [0.25, 0.3) is 0 Å². The quantitative estimate of drug-likeness (QED) is 0.502. The van der Waals surface area contributed by atoms with Crippen LogP contribution in [0.15, 0.2) is 0 Å². The Kier molecular flexibility index (Phi) is 9.62. The van der Waals surface area contributed by atoms with Crippen molar-refractivity contribution in [2.24, 2.45) is 5.92 Å². The van der Waals surface area contributed by atoms with Gasteiger partial charge < -0.3 is 20.3 Å². The van der Waals surface area contributed by atoms with Crippen molar-refractivity contribution >= 4 is 12.0 Å². The molecule has 0 aromatic carbocycles. The van der Waals surface area contributed by atoms with Crippen LogP contribution in [-0.2, 0) is 9.53 Å². The van der Waals surface area contributed by atoms with Gasteiger partial charge >= 0.3 is 12.0 Å². The van der Waals surface area contributed by atoms with Gasteiger partial charge in [-0.25, -0.2) is 4.79 Å². The van der Waals surface area contributed by atoms with E-state index >= 15 is 0 Å². The van der Waals surface area contributed by atoms with E-state index in [0.717, 1.165) is 31.7 Å². The third kappa shape index (κ3) is 8.87. The third-order valence-corrected chi connectivity index (χ3v) is 4.00. The number of unbranched alkanes of at least 4 members (excludes halogenated alkanes) is 1. The van der Waals surface area contributed by atoms with Gasteiger partial charge in [0, 0.05) is 26.1 Å². The molecule has 6 heteroatoms. The van der Waals surface area contributed by atoms with E-state index in [9.17, 15) is 9.59 Å². The number of esters is 1. The van der Waals surface area contributed by atoms with Gasteiger partial charge in [-0.1, -0.05) is 6.92 Å². The zero-order valence-corrected chi connectivity index (χ0v) is 14.0. The van der Waals surface area contributed by atoms with Crippen molar-refractivity contribution < 1.29 is 14.3 Å². The van der Waals surface area contributed by atoms with Gasteiger partial charge in [0.25, 0.3) is 0 Å². The SMILES string of the molecule is COC(=O)CCCCNC(=O)NCCCN1CCCC(C)C1. The summed E-state index contributed by atoms with van der Waals surface area (Å²) in [6.45, 7) is 7.04. The molecule has 0 saturated carbocycles. The van der Waals surface area contributed by atoms with E-state index in [1.807, 2.05) is 0 Å². The van der Waals surface area contributed by atoms with Gasteiger partial charge in [-0.15, -0.1) is 0 Å². The Bertz CT molecular complexity index is 337.